The summed E-state index contributed by atoms with van der Waals surface area (Å²) in [5.74, 6) is -1.28. The molecule has 2 rings (SSSR count). The number of ether oxygens (including phenoxy) is 2. The Balaban J connectivity index is 2.24. The number of rotatable bonds is 5. The van der Waals surface area contributed by atoms with Crippen molar-refractivity contribution in [2.45, 2.75) is 13.5 Å². The van der Waals surface area contributed by atoms with Crippen molar-refractivity contribution in [1.82, 2.24) is 4.98 Å². The van der Waals surface area contributed by atoms with E-state index in [2.05, 4.69) is 4.98 Å². The zero-order valence-corrected chi connectivity index (χ0v) is 14.1. The van der Waals surface area contributed by atoms with Crippen LogP contribution in [0.2, 0.25) is 5.15 Å². The third-order valence-electron chi connectivity index (χ3n) is 2.92. The molecule has 7 nitrogen and oxygen atoms in total. The Morgan fingerprint density at radius 2 is 2.17 bits per heavy atom. The number of thiophene rings is 1. The minimum atomic E-state index is -0.664. The minimum absolute atomic E-state index is 0.101. The fourth-order valence-corrected chi connectivity index (χ4v) is 2.95. The number of hydrogen-bond donors (Lipinski definition) is 1. The minimum Gasteiger partial charge on any atom is -0.462 e. The lowest BCUT2D eigenvalue weighted by Crippen LogP contribution is -2.10. The van der Waals surface area contributed by atoms with Crippen molar-refractivity contribution >= 4 is 39.9 Å². The van der Waals surface area contributed by atoms with Crippen LogP contribution in [-0.2, 0) is 16.1 Å². The highest BCUT2D eigenvalue weighted by molar-refractivity contribution is 7.18. The van der Waals surface area contributed by atoms with Gasteiger partial charge in [-0.1, -0.05) is 11.6 Å². The van der Waals surface area contributed by atoms with Gasteiger partial charge in [0, 0.05) is 11.8 Å². The molecule has 0 fully saturated rings. The largest absolute Gasteiger partial charge is 0.462 e. The molecule has 0 atom stereocenters. The Labute approximate surface area is 146 Å². The molecule has 2 heterocycles. The van der Waals surface area contributed by atoms with Gasteiger partial charge in [-0.3, -0.25) is 0 Å². The van der Waals surface area contributed by atoms with Gasteiger partial charge in [0.05, 0.1) is 17.7 Å². The Hall–Kier alpha value is -2.63. The number of nitrogens with two attached hydrogens (primary N) is 1. The molecule has 0 saturated carbocycles. The van der Waals surface area contributed by atoms with Crippen molar-refractivity contribution in [2.24, 2.45) is 0 Å². The Morgan fingerprint density at radius 1 is 1.42 bits per heavy atom. The van der Waals surface area contributed by atoms with E-state index in [-0.39, 0.29) is 44.9 Å². The Morgan fingerprint density at radius 3 is 2.79 bits per heavy atom. The third kappa shape index (κ3) is 3.82. The number of hydrogen-bond acceptors (Lipinski definition) is 8. The maximum absolute atomic E-state index is 12.0. The van der Waals surface area contributed by atoms with Gasteiger partial charge in [-0.25, -0.2) is 14.6 Å². The number of pyridine rings is 1. The standard InChI is InChI=1S/C15H12ClN3O4S/c1-2-22-15(21)12-10(9(6-17)13(18)24-12)7-23-14(20)8-3-4-19-11(16)5-8/h3-5H,2,7,18H2,1H3. The molecule has 0 unspecified atom stereocenters. The molecule has 2 aromatic rings. The molecule has 2 N–H and O–H groups in total. The zero-order valence-electron chi connectivity index (χ0n) is 12.5. The van der Waals surface area contributed by atoms with E-state index in [1.54, 1.807) is 6.92 Å². The quantitative estimate of drug-likeness (QED) is 0.639. The first-order valence-electron chi connectivity index (χ1n) is 6.75. The van der Waals surface area contributed by atoms with Crippen LogP contribution in [-0.4, -0.2) is 23.5 Å². The molecule has 0 radical (unpaired) electrons. The highest BCUT2D eigenvalue weighted by Gasteiger charge is 2.24. The third-order valence-corrected chi connectivity index (χ3v) is 4.16. The van der Waals surface area contributed by atoms with Crippen LogP contribution < -0.4 is 5.73 Å². The Kier molecular flexibility index (Phi) is 5.73. The molecule has 24 heavy (non-hydrogen) atoms. The van der Waals surface area contributed by atoms with E-state index in [1.165, 1.54) is 18.3 Å². The van der Waals surface area contributed by atoms with Crippen molar-refractivity contribution in [3.8, 4) is 6.07 Å². The van der Waals surface area contributed by atoms with Crippen molar-refractivity contribution in [2.75, 3.05) is 12.3 Å². The van der Waals surface area contributed by atoms with Gasteiger partial charge in [0.15, 0.2) is 0 Å². The summed E-state index contributed by atoms with van der Waals surface area (Å²) in [5, 5.41) is 9.51. The number of aromatic nitrogens is 1. The molecule has 9 heteroatoms. The molecular formula is C15H12ClN3O4S. The topological polar surface area (TPSA) is 115 Å². The van der Waals surface area contributed by atoms with Crippen molar-refractivity contribution in [1.29, 1.82) is 5.26 Å². The number of halogens is 1. The van der Waals surface area contributed by atoms with Gasteiger partial charge in [0.25, 0.3) is 0 Å². The van der Waals surface area contributed by atoms with E-state index < -0.39 is 11.9 Å². The van der Waals surface area contributed by atoms with Gasteiger partial charge >= 0.3 is 11.9 Å². The number of nitriles is 1. The van der Waals surface area contributed by atoms with Crippen LogP contribution in [0.4, 0.5) is 5.00 Å². The monoisotopic (exact) mass is 365 g/mol. The first-order chi connectivity index (χ1) is 11.5. The van der Waals surface area contributed by atoms with Gasteiger partial charge in [-0.05, 0) is 19.1 Å². The van der Waals surface area contributed by atoms with Crippen molar-refractivity contribution < 1.29 is 19.1 Å². The zero-order chi connectivity index (χ0) is 17.7. The lowest BCUT2D eigenvalue weighted by atomic mass is 10.1. The van der Waals surface area contributed by atoms with E-state index in [0.717, 1.165) is 11.3 Å². The predicted molar refractivity (Wildman–Crippen MR) is 87.8 cm³/mol. The summed E-state index contributed by atoms with van der Waals surface area (Å²) in [6, 6.07) is 4.70. The number of nitrogen functional groups attached to an aromatic ring is 1. The summed E-state index contributed by atoms with van der Waals surface area (Å²) in [6.45, 7) is 1.55. The van der Waals surface area contributed by atoms with Crippen LogP contribution in [0, 0.1) is 11.3 Å². The van der Waals surface area contributed by atoms with Gasteiger partial charge < -0.3 is 15.2 Å². The van der Waals surface area contributed by atoms with Gasteiger partial charge in [0.1, 0.15) is 27.7 Å². The smallest absolute Gasteiger partial charge is 0.348 e. The van der Waals surface area contributed by atoms with Crippen LogP contribution in [0.25, 0.3) is 0 Å². The van der Waals surface area contributed by atoms with Gasteiger partial charge in [0.2, 0.25) is 0 Å². The van der Waals surface area contributed by atoms with E-state index in [9.17, 15) is 14.9 Å². The number of anilines is 1. The number of esters is 2. The molecule has 2 aromatic heterocycles. The molecular weight excluding hydrogens is 354 g/mol. The summed E-state index contributed by atoms with van der Waals surface area (Å²) < 4.78 is 10.1. The maximum atomic E-state index is 12.0. The molecule has 0 aromatic carbocycles. The molecule has 0 saturated heterocycles. The normalized spacial score (nSPS) is 10.0. The number of carbonyl (C=O) groups excluding carboxylic acids is 2. The lowest BCUT2D eigenvalue weighted by molar-refractivity contribution is 0.0452. The summed E-state index contributed by atoms with van der Waals surface area (Å²) in [6.07, 6.45) is 1.37. The summed E-state index contributed by atoms with van der Waals surface area (Å²) >= 11 is 6.64. The lowest BCUT2D eigenvalue weighted by Gasteiger charge is -2.07. The average Bonchev–Trinajstić information content (AvgIpc) is 2.88. The fraction of sp³-hybridized carbons (Fsp3) is 0.200. The second-order valence-electron chi connectivity index (χ2n) is 4.42. The summed E-state index contributed by atoms with van der Waals surface area (Å²) in [7, 11) is 0. The molecule has 124 valence electrons. The van der Waals surface area contributed by atoms with Crippen LogP contribution in [0.5, 0.6) is 0 Å². The summed E-state index contributed by atoms with van der Waals surface area (Å²) in [5.41, 5.74) is 6.28. The molecule has 0 aliphatic carbocycles. The van der Waals surface area contributed by atoms with Crippen molar-refractivity contribution in [3.05, 3.63) is 45.1 Å². The fourth-order valence-electron chi connectivity index (χ4n) is 1.86. The molecule has 0 aliphatic heterocycles. The van der Waals surface area contributed by atoms with Crippen LogP contribution in [0.1, 0.15) is 38.1 Å². The van der Waals surface area contributed by atoms with E-state index in [4.69, 9.17) is 26.8 Å². The van der Waals surface area contributed by atoms with Crippen LogP contribution in [0.15, 0.2) is 18.3 Å². The molecule has 0 amide bonds. The first kappa shape index (κ1) is 17.7. The highest BCUT2D eigenvalue weighted by atomic mass is 35.5. The number of carbonyl (C=O) groups is 2. The number of nitrogens with zero attached hydrogens (tertiary/aromatic N) is 2. The van der Waals surface area contributed by atoms with Crippen molar-refractivity contribution in [3.63, 3.8) is 0 Å². The van der Waals surface area contributed by atoms with Crippen LogP contribution >= 0.6 is 22.9 Å². The van der Waals surface area contributed by atoms with Gasteiger partial charge in [-0.15, -0.1) is 11.3 Å². The van der Waals surface area contributed by atoms with E-state index in [0.29, 0.717) is 0 Å². The highest BCUT2D eigenvalue weighted by Crippen LogP contribution is 2.32. The SMILES string of the molecule is CCOC(=O)c1sc(N)c(C#N)c1COC(=O)c1ccnc(Cl)c1. The molecule has 0 aliphatic rings. The molecule has 0 spiro atoms. The maximum Gasteiger partial charge on any atom is 0.348 e. The predicted octanol–water partition coefficient (Wildman–Crippen LogP) is 2.78. The first-order valence-corrected chi connectivity index (χ1v) is 7.94. The Bertz CT molecular complexity index is 829. The average molecular weight is 366 g/mol. The van der Waals surface area contributed by atoms with Crippen LogP contribution in [0.3, 0.4) is 0 Å². The summed E-state index contributed by atoms with van der Waals surface area (Å²) in [4.78, 5) is 27.9. The second-order valence-corrected chi connectivity index (χ2v) is 5.86. The molecule has 0 bridgehead atoms. The van der Waals surface area contributed by atoms with E-state index >= 15 is 0 Å². The van der Waals surface area contributed by atoms with Gasteiger partial charge in [-0.2, -0.15) is 5.26 Å². The second kappa shape index (κ2) is 7.77. The van der Waals surface area contributed by atoms with E-state index in [1.807, 2.05) is 6.07 Å².